The molecule has 0 aliphatic carbocycles. The van der Waals surface area contributed by atoms with E-state index in [1.807, 2.05) is 16.7 Å². The minimum absolute atomic E-state index is 0.115. The number of nitrogens with two attached hydrogens (primary N) is 2. The van der Waals surface area contributed by atoms with E-state index in [0.717, 1.165) is 24.6 Å². The van der Waals surface area contributed by atoms with Crippen molar-refractivity contribution in [1.82, 2.24) is 0 Å². The van der Waals surface area contributed by atoms with E-state index in [9.17, 15) is 8.42 Å². The maximum Gasteiger partial charge on any atom is 0.240 e. The van der Waals surface area contributed by atoms with Gasteiger partial charge in [0, 0.05) is 30.3 Å². The zero-order chi connectivity index (χ0) is 12.5. The van der Waals surface area contributed by atoms with E-state index in [1.165, 1.54) is 6.07 Å². The number of thioether (sulfide) groups is 1. The van der Waals surface area contributed by atoms with Gasteiger partial charge in [-0.3, -0.25) is 0 Å². The Hall–Kier alpha value is -0.920. The fourth-order valence-corrected chi connectivity index (χ4v) is 3.52. The molecular formula is C10H15N3O2S2. The summed E-state index contributed by atoms with van der Waals surface area (Å²) < 4.78 is 23.1. The Labute approximate surface area is 105 Å². The number of benzene rings is 1. The molecule has 1 aromatic rings. The molecule has 17 heavy (non-hydrogen) atoms. The predicted octanol–water partition coefficient (Wildman–Crippen LogP) is 0.469. The number of nitrogen functional groups attached to an aromatic ring is 1. The van der Waals surface area contributed by atoms with E-state index in [-0.39, 0.29) is 4.90 Å². The van der Waals surface area contributed by atoms with Crippen LogP contribution in [0.3, 0.4) is 0 Å². The highest BCUT2D eigenvalue weighted by Crippen LogP contribution is 2.28. The van der Waals surface area contributed by atoms with E-state index in [4.69, 9.17) is 10.9 Å². The van der Waals surface area contributed by atoms with Gasteiger partial charge in [0.2, 0.25) is 10.0 Å². The number of hydrogen-bond acceptors (Lipinski definition) is 5. The van der Waals surface area contributed by atoms with Gasteiger partial charge in [-0.15, -0.1) is 0 Å². The maximum atomic E-state index is 11.5. The van der Waals surface area contributed by atoms with Crippen LogP contribution in [0.1, 0.15) is 0 Å². The van der Waals surface area contributed by atoms with Crippen LogP contribution >= 0.6 is 11.8 Å². The third-order valence-corrected chi connectivity index (χ3v) is 4.52. The molecule has 1 fully saturated rings. The second-order valence-corrected chi connectivity index (χ2v) is 6.63. The lowest BCUT2D eigenvalue weighted by Gasteiger charge is -2.29. The molecule has 0 bridgehead atoms. The zero-order valence-corrected chi connectivity index (χ0v) is 10.9. The molecule has 0 radical (unpaired) electrons. The number of primary sulfonamides is 1. The molecule has 0 saturated carbocycles. The summed E-state index contributed by atoms with van der Waals surface area (Å²) in [6.07, 6.45) is 0. The van der Waals surface area contributed by atoms with Gasteiger partial charge in [-0.25, -0.2) is 13.6 Å². The van der Waals surface area contributed by atoms with Crippen molar-refractivity contribution in [1.29, 1.82) is 0 Å². The lowest BCUT2D eigenvalue weighted by atomic mass is 10.2. The van der Waals surface area contributed by atoms with Crippen LogP contribution in [-0.2, 0) is 10.0 Å². The average molecular weight is 273 g/mol. The molecule has 7 heteroatoms. The van der Waals surface area contributed by atoms with Crippen molar-refractivity contribution in [3.63, 3.8) is 0 Å². The van der Waals surface area contributed by atoms with Crippen LogP contribution in [0.5, 0.6) is 0 Å². The summed E-state index contributed by atoms with van der Waals surface area (Å²) in [7, 11) is -3.73. The lowest BCUT2D eigenvalue weighted by Crippen LogP contribution is -2.34. The molecule has 1 heterocycles. The molecule has 1 aromatic carbocycles. The first-order valence-corrected chi connectivity index (χ1v) is 7.93. The summed E-state index contributed by atoms with van der Waals surface area (Å²) in [4.78, 5) is 2.15. The Morgan fingerprint density at radius 1 is 1.24 bits per heavy atom. The van der Waals surface area contributed by atoms with E-state index in [1.54, 1.807) is 12.1 Å². The standard InChI is InChI=1S/C10H15N3O2S2/c11-8-1-2-9(10(7-8)17(12,14)15)13-3-5-16-6-4-13/h1-2,7H,3-6,11H2,(H2,12,14,15). The van der Waals surface area contributed by atoms with Crippen LogP contribution in [0, 0.1) is 0 Å². The highest BCUT2D eigenvalue weighted by atomic mass is 32.2. The number of sulfonamides is 1. The Kier molecular flexibility index (Phi) is 3.50. The molecule has 4 N–H and O–H groups in total. The highest BCUT2D eigenvalue weighted by molar-refractivity contribution is 7.99. The van der Waals surface area contributed by atoms with E-state index in [0.29, 0.717) is 11.4 Å². The zero-order valence-electron chi connectivity index (χ0n) is 9.30. The second-order valence-electron chi connectivity index (χ2n) is 3.87. The second kappa shape index (κ2) is 4.75. The molecule has 5 nitrogen and oxygen atoms in total. The van der Waals surface area contributed by atoms with Crippen molar-refractivity contribution in [2.24, 2.45) is 5.14 Å². The van der Waals surface area contributed by atoms with Gasteiger partial charge in [0.15, 0.2) is 0 Å². The number of anilines is 2. The van der Waals surface area contributed by atoms with Crippen LogP contribution in [0.25, 0.3) is 0 Å². The number of hydrogen-bond donors (Lipinski definition) is 2. The van der Waals surface area contributed by atoms with Crippen molar-refractivity contribution >= 4 is 33.2 Å². The molecule has 1 aliphatic heterocycles. The van der Waals surface area contributed by atoms with Crippen molar-refractivity contribution in [3.8, 4) is 0 Å². The molecule has 1 saturated heterocycles. The third-order valence-electron chi connectivity index (χ3n) is 2.64. The van der Waals surface area contributed by atoms with Gasteiger partial charge in [0.25, 0.3) is 0 Å². The minimum Gasteiger partial charge on any atom is -0.399 e. The van der Waals surface area contributed by atoms with Gasteiger partial charge >= 0.3 is 0 Å². The summed E-state index contributed by atoms with van der Waals surface area (Å²) in [6.45, 7) is 1.66. The van der Waals surface area contributed by atoms with E-state index >= 15 is 0 Å². The molecule has 0 spiro atoms. The summed E-state index contributed by atoms with van der Waals surface area (Å²) in [5.74, 6) is 1.99. The van der Waals surface area contributed by atoms with Crippen molar-refractivity contribution in [2.45, 2.75) is 4.90 Å². The van der Waals surface area contributed by atoms with E-state index in [2.05, 4.69) is 0 Å². The Balaban J connectivity index is 2.45. The van der Waals surface area contributed by atoms with Crippen molar-refractivity contribution in [3.05, 3.63) is 18.2 Å². The Morgan fingerprint density at radius 2 is 1.88 bits per heavy atom. The number of nitrogens with zero attached hydrogens (tertiary/aromatic N) is 1. The fraction of sp³-hybridized carbons (Fsp3) is 0.400. The van der Waals surface area contributed by atoms with E-state index < -0.39 is 10.0 Å². The first-order chi connectivity index (χ1) is 7.98. The molecular weight excluding hydrogens is 258 g/mol. The van der Waals surface area contributed by atoms with Crippen LogP contribution in [-0.4, -0.2) is 33.0 Å². The van der Waals surface area contributed by atoms with Crippen LogP contribution < -0.4 is 15.8 Å². The topological polar surface area (TPSA) is 89.4 Å². The fourth-order valence-electron chi connectivity index (χ4n) is 1.82. The summed E-state index contributed by atoms with van der Waals surface area (Å²) in [5.41, 5.74) is 6.67. The van der Waals surface area contributed by atoms with Gasteiger partial charge in [0.05, 0.1) is 5.69 Å². The van der Waals surface area contributed by atoms with Gasteiger partial charge in [-0.2, -0.15) is 11.8 Å². The lowest BCUT2D eigenvalue weighted by molar-refractivity contribution is 0.597. The normalized spacial score (nSPS) is 17.1. The van der Waals surface area contributed by atoms with Gasteiger partial charge in [-0.1, -0.05) is 0 Å². The molecule has 0 amide bonds. The number of rotatable bonds is 2. The quantitative estimate of drug-likeness (QED) is 0.765. The SMILES string of the molecule is Nc1ccc(N2CCSCC2)c(S(N)(=O)=O)c1. The Morgan fingerprint density at radius 3 is 2.47 bits per heavy atom. The molecule has 2 rings (SSSR count). The van der Waals surface area contributed by atoms with Crippen LogP contribution in [0.15, 0.2) is 23.1 Å². The minimum atomic E-state index is -3.73. The van der Waals surface area contributed by atoms with Gasteiger partial charge in [-0.05, 0) is 18.2 Å². The smallest absolute Gasteiger partial charge is 0.240 e. The first-order valence-electron chi connectivity index (χ1n) is 5.23. The predicted molar refractivity (Wildman–Crippen MR) is 71.8 cm³/mol. The molecule has 0 unspecified atom stereocenters. The summed E-state index contributed by atoms with van der Waals surface area (Å²) in [6, 6.07) is 4.85. The van der Waals surface area contributed by atoms with Gasteiger partial charge < -0.3 is 10.6 Å². The third kappa shape index (κ3) is 2.85. The van der Waals surface area contributed by atoms with Gasteiger partial charge in [0.1, 0.15) is 4.90 Å². The molecule has 0 aromatic heterocycles. The monoisotopic (exact) mass is 273 g/mol. The largest absolute Gasteiger partial charge is 0.399 e. The highest BCUT2D eigenvalue weighted by Gasteiger charge is 2.20. The van der Waals surface area contributed by atoms with Crippen molar-refractivity contribution in [2.75, 3.05) is 35.2 Å². The molecule has 94 valence electrons. The van der Waals surface area contributed by atoms with Crippen molar-refractivity contribution < 1.29 is 8.42 Å². The van der Waals surface area contributed by atoms with Crippen LogP contribution in [0.2, 0.25) is 0 Å². The summed E-state index contributed by atoms with van der Waals surface area (Å²) in [5, 5.41) is 5.22. The Bertz CT molecular complexity index is 510. The molecule has 1 aliphatic rings. The average Bonchev–Trinajstić information content (AvgIpc) is 2.29. The maximum absolute atomic E-state index is 11.5. The molecule has 0 atom stereocenters. The summed E-state index contributed by atoms with van der Waals surface area (Å²) >= 11 is 1.86. The first kappa shape index (κ1) is 12.5. The van der Waals surface area contributed by atoms with Crippen LogP contribution in [0.4, 0.5) is 11.4 Å².